The van der Waals surface area contributed by atoms with Crippen LogP contribution in [0.25, 0.3) is 0 Å². The molecule has 1 heterocycles. The summed E-state index contributed by atoms with van der Waals surface area (Å²) in [4.78, 5) is 3.86. The van der Waals surface area contributed by atoms with Gasteiger partial charge in [0, 0.05) is 17.1 Å². The standard InChI is InChI=1S/C14H11BrF2N4/c1-2-19-13-10(16)6-11(17)14(21-13)20-12-5-9(15)4-3-8(12)7-18/h3-6H,2H2,1H3,(H2,19,20,21). The van der Waals surface area contributed by atoms with Crippen molar-refractivity contribution in [3.05, 3.63) is 45.9 Å². The Kier molecular flexibility index (Phi) is 4.70. The van der Waals surface area contributed by atoms with Crippen molar-refractivity contribution in [1.29, 1.82) is 5.26 Å². The number of rotatable bonds is 4. The molecule has 0 saturated carbocycles. The van der Waals surface area contributed by atoms with E-state index in [0.29, 0.717) is 17.8 Å². The third-order valence-corrected chi connectivity index (χ3v) is 3.12. The van der Waals surface area contributed by atoms with Gasteiger partial charge in [0.25, 0.3) is 0 Å². The summed E-state index contributed by atoms with van der Waals surface area (Å²) in [5, 5.41) is 14.5. The molecule has 0 unspecified atom stereocenters. The van der Waals surface area contributed by atoms with Crippen molar-refractivity contribution in [3.63, 3.8) is 0 Å². The topological polar surface area (TPSA) is 60.7 Å². The van der Waals surface area contributed by atoms with E-state index in [4.69, 9.17) is 5.26 Å². The number of hydrogen-bond donors (Lipinski definition) is 2. The van der Waals surface area contributed by atoms with Gasteiger partial charge >= 0.3 is 0 Å². The molecule has 108 valence electrons. The van der Waals surface area contributed by atoms with Gasteiger partial charge in [-0.05, 0) is 25.1 Å². The Morgan fingerprint density at radius 2 is 1.95 bits per heavy atom. The summed E-state index contributed by atoms with van der Waals surface area (Å²) in [7, 11) is 0. The number of halogens is 3. The van der Waals surface area contributed by atoms with Gasteiger partial charge in [0.15, 0.2) is 23.3 Å². The summed E-state index contributed by atoms with van der Waals surface area (Å²) in [6.07, 6.45) is 0. The molecule has 0 fully saturated rings. The van der Waals surface area contributed by atoms with Crippen LogP contribution in [0.5, 0.6) is 0 Å². The summed E-state index contributed by atoms with van der Waals surface area (Å²) >= 11 is 3.27. The maximum absolute atomic E-state index is 13.8. The highest BCUT2D eigenvalue weighted by molar-refractivity contribution is 9.10. The molecule has 2 aromatic rings. The van der Waals surface area contributed by atoms with Gasteiger partial charge in [-0.15, -0.1) is 0 Å². The van der Waals surface area contributed by atoms with Crippen LogP contribution in [0.1, 0.15) is 12.5 Å². The van der Waals surface area contributed by atoms with Gasteiger partial charge < -0.3 is 10.6 Å². The minimum atomic E-state index is -0.835. The maximum atomic E-state index is 13.8. The average Bonchev–Trinajstić information content (AvgIpc) is 2.44. The van der Waals surface area contributed by atoms with Crippen molar-refractivity contribution in [2.45, 2.75) is 6.92 Å². The van der Waals surface area contributed by atoms with Crippen LogP contribution in [0, 0.1) is 23.0 Å². The van der Waals surface area contributed by atoms with Crippen LogP contribution in [-0.2, 0) is 0 Å². The molecule has 21 heavy (non-hydrogen) atoms. The number of pyridine rings is 1. The van der Waals surface area contributed by atoms with Crippen LogP contribution in [0.4, 0.5) is 26.1 Å². The molecular weight excluding hydrogens is 342 g/mol. The van der Waals surface area contributed by atoms with Gasteiger partial charge in [0.1, 0.15) is 6.07 Å². The van der Waals surface area contributed by atoms with E-state index in [2.05, 4.69) is 31.5 Å². The second-order valence-corrected chi connectivity index (χ2v) is 5.02. The Labute approximate surface area is 128 Å². The summed E-state index contributed by atoms with van der Waals surface area (Å²) in [5.41, 5.74) is 0.709. The number of nitrogens with zero attached hydrogens (tertiary/aromatic N) is 2. The zero-order chi connectivity index (χ0) is 15.4. The van der Waals surface area contributed by atoms with Crippen molar-refractivity contribution in [3.8, 4) is 6.07 Å². The minimum absolute atomic E-state index is 0.0464. The van der Waals surface area contributed by atoms with E-state index in [-0.39, 0.29) is 11.6 Å². The summed E-state index contributed by atoms with van der Waals surface area (Å²) in [6.45, 7) is 2.23. The van der Waals surface area contributed by atoms with Crippen LogP contribution in [-0.4, -0.2) is 11.5 Å². The minimum Gasteiger partial charge on any atom is -0.368 e. The summed E-state index contributed by atoms with van der Waals surface area (Å²) < 4.78 is 28.0. The van der Waals surface area contributed by atoms with Crippen molar-refractivity contribution >= 4 is 33.3 Å². The first-order valence-corrected chi connectivity index (χ1v) is 6.91. The van der Waals surface area contributed by atoms with Crippen LogP contribution in [0.3, 0.4) is 0 Å². The Morgan fingerprint density at radius 1 is 1.24 bits per heavy atom. The third-order valence-electron chi connectivity index (χ3n) is 2.63. The molecule has 0 radical (unpaired) electrons. The van der Waals surface area contributed by atoms with E-state index in [0.717, 1.165) is 10.5 Å². The molecule has 1 aromatic heterocycles. The third kappa shape index (κ3) is 3.47. The summed E-state index contributed by atoms with van der Waals surface area (Å²) in [5.74, 6) is -1.80. The van der Waals surface area contributed by atoms with E-state index in [1.807, 2.05) is 6.07 Å². The smallest absolute Gasteiger partial charge is 0.169 e. The predicted molar refractivity (Wildman–Crippen MR) is 80.5 cm³/mol. The second-order valence-electron chi connectivity index (χ2n) is 4.11. The predicted octanol–water partition coefficient (Wildman–Crippen LogP) is 4.17. The first kappa shape index (κ1) is 15.2. The maximum Gasteiger partial charge on any atom is 0.169 e. The van der Waals surface area contributed by atoms with E-state index in [1.54, 1.807) is 25.1 Å². The SMILES string of the molecule is CCNc1nc(Nc2cc(Br)ccc2C#N)c(F)cc1F. The fourth-order valence-corrected chi connectivity index (χ4v) is 2.05. The lowest BCUT2D eigenvalue weighted by Gasteiger charge is -2.11. The molecule has 0 bridgehead atoms. The Hall–Kier alpha value is -2.20. The molecule has 4 nitrogen and oxygen atoms in total. The normalized spacial score (nSPS) is 10.0. The number of benzene rings is 1. The molecule has 0 aliphatic heterocycles. The van der Waals surface area contributed by atoms with Crippen LogP contribution in [0.15, 0.2) is 28.7 Å². The molecule has 1 aromatic carbocycles. The van der Waals surface area contributed by atoms with Gasteiger partial charge in [-0.3, -0.25) is 0 Å². The highest BCUT2D eigenvalue weighted by Crippen LogP contribution is 2.26. The van der Waals surface area contributed by atoms with E-state index in [1.165, 1.54) is 0 Å². The van der Waals surface area contributed by atoms with Crippen molar-refractivity contribution < 1.29 is 8.78 Å². The van der Waals surface area contributed by atoms with Gasteiger partial charge in [-0.2, -0.15) is 5.26 Å². The van der Waals surface area contributed by atoms with Crippen LogP contribution in [0.2, 0.25) is 0 Å². The molecule has 0 aliphatic carbocycles. The fourth-order valence-electron chi connectivity index (χ4n) is 1.69. The van der Waals surface area contributed by atoms with Gasteiger partial charge in [0.2, 0.25) is 0 Å². The van der Waals surface area contributed by atoms with Crippen LogP contribution < -0.4 is 10.6 Å². The molecule has 0 atom stereocenters. The number of hydrogen-bond acceptors (Lipinski definition) is 4. The number of anilines is 3. The van der Waals surface area contributed by atoms with E-state index >= 15 is 0 Å². The Balaban J connectivity index is 2.42. The molecular formula is C14H11BrF2N4. The molecule has 2 N–H and O–H groups in total. The zero-order valence-electron chi connectivity index (χ0n) is 11.0. The second kappa shape index (κ2) is 6.50. The first-order valence-electron chi connectivity index (χ1n) is 6.11. The monoisotopic (exact) mass is 352 g/mol. The first-order chi connectivity index (χ1) is 10.0. The lowest BCUT2D eigenvalue weighted by atomic mass is 10.2. The highest BCUT2D eigenvalue weighted by Gasteiger charge is 2.13. The Bertz CT molecular complexity index is 713. The number of nitrogens with one attached hydrogen (secondary N) is 2. The molecule has 2 rings (SSSR count). The molecule has 0 aliphatic rings. The molecule has 0 saturated heterocycles. The van der Waals surface area contributed by atoms with E-state index < -0.39 is 11.6 Å². The quantitative estimate of drug-likeness (QED) is 0.866. The molecule has 7 heteroatoms. The van der Waals surface area contributed by atoms with Gasteiger partial charge in [0.05, 0.1) is 11.3 Å². The van der Waals surface area contributed by atoms with Gasteiger partial charge in [-0.1, -0.05) is 15.9 Å². The summed E-state index contributed by atoms with van der Waals surface area (Å²) in [6, 6.07) is 7.64. The zero-order valence-corrected chi connectivity index (χ0v) is 12.6. The van der Waals surface area contributed by atoms with Crippen LogP contribution >= 0.6 is 15.9 Å². The van der Waals surface area contributed by atoms with Gasteiger partial charge in [-0.25, -0.2) is 13.8 Å². The lowest BCUT2D eigenvalue weighted by Crippen LogP contribution is -2.07. The van der Waals surface area contributed by atoms with Crippen molar-refractivity contribution in [2.24, 2.45) is 0 Å². The number of nitriles is 1. The lowest BCUT2D eigenvalue weighted by molar-refractivity contribution is 0.579. The number of aromatic nitrogens is 1. The molecule has 0 spiro atoms. The largest absolute Gasteiger partial charge is 0.368 e. The Morgan fingerprint density at radius 3 is 2.62 bits per heavy atom. The van der Waals surface area contributed by atoms with E-state index in [9.17, 15) is 8.78 Å². The highest BCUT2D eigenvalue weighted by atomic mass is 79.9. The fraction of sp³-hybridized carbons (Fsp3) is 0.143. The average molecular weight is 353 g/mol. The van der Waals surface area contributed by atoms with Crippen molar-refractivity contribution in [1.82, 2.24) is 4.98 Å². The van der Waals surface area contributed by atoms with Crippen molar-refractivity contribution in [2.75, 3.05) is 17.2 Å². The molecule has 0 amide bonds.